The largest absolute Gasteiger partial charge is 0.334 e. The molecule has 0 spiro atoms. The van der Waals surface area contributed by atoms with Crippen LogP contribution in [-0.4, -0.2) is 16.0 Å². The number of nitrogens with one attached hydrogen (secondary N) is 2. The number of hydrogen-bond donors (Lipinski definition) is 2. The predicted octanol–water partition coefficient (Wildman–Crippen LogP) is 3.53. The molecular weight excluding hydrogens is 296 g/mol. The van der Waals surface area contributed by atoms with Crippen molar-refractivity contribution in [1.29, 1.82) is 0 Å². The van der Waals surface area contributed by atoms with Crippen LogP contribution in [0.2, 0.25) is 0 Å². The highest BCUT2D eigenvalue weighted by Gasteiger charge is 2.07. The molecule has 110 valence electrons. The second-order valence-electron chi connectivity index (χ2n) is 4.57. The van der Waals surface area contributed by atoms with Gasteiger partial charge in [0.15, 0.2) is 5.13 Å². The number of aromatic nitrogens is 2. The van der Waals surface area contributed by atoms with Gasteiger partial charge in [-0.1, -0.05) is 36.4 Å². The fourth-order valence-corrected chi connectivity index (χ4v) is 2.61. The molecule has 0 aliphatic rings. The van der Waals surface area contributed by atoms with Crippen LogP contribution in [0.15, 0.2) is 60.2 Å². The minimum atomic E-state index is -0.280. The summed E-state index contributed by atoms with van der Waals surface area (Å²) in [5, 5.41) is 8.01. The third-order valence-electron chi connectivity index (χ3n) is 2.97. The summed E-state index contributed by atoms with van der Waals surface area (Å²) in [5.74, 6) is 0. The van der Waals surface area contributed by atoms with E-state index in [0.29, 0.717) is 11.7 Å². The van der Waals surface area contributed by atoms with E-state index in [4.69, 9.17) is 0 Å². The van der Waals surface area contributed by atoms with Crippen molar-refractivity contribution in [2.45, 2.75) is 6.54 Å². The van der Waals surface area contributed by atoms with E-state index in [9.17, 15) is 4.79 Å². The molecule has 2 heterocycles. The Balaban J connectivity index is 1.57. The molecular formula is C16H14N4OS. The van der Waals surface area contributed by atoms with Gasteiger partial charge in [-0.2, -0.15) is 0 Å². The average Bonchev–Trinajstić information content (AvgIpc) is 3.03. The molecule has 3 aromatic rings. The smallest absolute Gasteiger partial charge is 0.321 e. The van der Waals surface area contributed by atoms with Gasteiger partial charge in [0, 0.05) is 29.9 Å². The number of carbonyl (C=O) groups is 1. The zero-order valence-corrected chi connectivity index (χ0v) is 12.5. The highest BCUT2D eigenvalue weighted by molar-refractivity contribution is 7.14. The van der Waals surface area contributed by atoms with Crippen molar-refractivity contribution < 1.29 is 4.79 Å². The fraction of sp³-hybridized carbons (Fsp3) is 0.0625. The van der Waals surface area contributed by atoms with E-state index in [2.05, 4.69) is 20.6 Å². The number of amides is 2. The molecule has 2 N–H and O–H groups in total. The summed E-state index contributed by atoms with van der Waals surface area (Å²) in [6.45, 7) is 0.427. The van der Waals surface area contributed by atoms with Crippen molar-refractivity contribution in [3.63, 3.8) is 0 Å². The molecule has 1 aromatic carbocycles. The molecule has 0 bridgehead atoms. The third kappa shape index (κ3) is 3.67. The third-order valence-corrected chi connectivity index (χ3v) is 3.73. The maximum atomic E-state index is 11.9. The Morgan fingerprint density at radius 1 is 1.14 bits per heavy atom. The highest BCUT2D eigenvalue weighted by Crippen LogP contribution is 2.24. The number of thiazole rings is 1. The van der Waals surface area contributed by atoms with Gasteiger partial charge in [-0.05, 0) is 11.6 Å². The SMILES string of the molecule is O=C(NCc1cccnc1)Nc1nc(-c2ccccc2)cs1. The minimum Gasteiger partial charge on any atom is -0.334 e. The number of hydrogen-bond acceptors (Lipinski definition) is 4. The van der Waals surface area contributed by atoms with Gasteiger partial charge >= 0.3 is 6.03 Å². The van der Waals surface area contributed by atoms with Gasteiger partial charge in [0.1, 0.15) is 0 Å². The summed E-state index contributed by atoms with van der Waals surface area (Å²) in [4.78, 5) is 20.3. The number of urea groups is 1. The molecule has 0 saturated heterocycles. The number of rotatable bonds is 4. The van der Waals surface area contributed by atoms with E-state index in [0.717, 1.165) is 16.8 Å². The molecule has 0 atom stereocenters. The Kier molecular flexibility index (Phi) is 4.41. The predicted molar refractivity (Wildman–Crippen MR) is 87.6 cm³/mol. The Hall–Kier alpha value is -2.73. The molecule has 0 aliphatic heterocycles. The fourth-order valence-electron chi connectivity index (χ4n) is 1.90. The van der Waals surface area contributed by atoms with Gasteiger partial charge in [0.2, 0.25) is 0 Å². The first-order valence-electron chi connectivity index (χ1n) is 6.76. The summed E-state index contributed by atoms with van der Waals surface area (Å²) < 4.78 is 0. The highest BCUT2D eigenvalue weighted by atomic mass is 32.1. The zero-order valence-electron chi connectivity index (χ0n) is 11.7. The Morgan fingerprint density at radius 3 is 2.77 bits per heavy atom. The number of nitrogens with zero attached hydrogens (tertiary/aromatic N) is 2. The molecule has 0 aliphatic carbocycles. The molecule has 2 aromatic heterocycles. The molecule has 22 heavy (non-hydrogen) atoms. The van der Waals surface area contributed by atoms with Crippen molar-refractivity contribution >= 4 is 22.5 Å². The van der Waals surface area contributed by atoms with Gasteiger partial charge in [0.25, 0.3) is 0 Å². The van der Waals surface area contributed by atoms with Crippen LogP contribution in [0, 0.1) is 0 Å². The molecule has 5 nitrogen and oxygen atoms in total. The number of pyridine rings is 1. The van der Waals surface area contributed by atoms with Crippen molar-refractivity contribution in [1.82, 2.24) is 15.3 Å². The van der Waals surface area contributed by atoms with Crippen molar-refractivity contribution in [3.8, 4) is 11.3 Å². The summed E-state index contributed by atoms with van der Waals surface area (Å²) in [7, 11) is 0. The van der Waals surface area contributed by atoms with E-state index in [1.807, 2.05) is 47.8 Å². The molecule has 6 heteroatoms. The van der Waals surface area contributed by atoms with Crippen molar-refractivity contribution in [3.05, 3.63) is 65.8 Å². The lowest BCUT2D eigenvalue weighted by Crippen LogP contribution is -2.28. The summed E-state index contributed by atoms with van der Waals surface area (Å²) in [6, 6.07) is 13.3. The average molecular weight is 310 g/mol. The van der Waals surface area contributed by atoms with E-state index in [-0.39, 0.29) is 6.03 Å². The lowest BCUT2D eigenvalue weighted by Gasteiger charge is -2.04. The van der Waals surface area contributed by atoms with Crippen LogP contribution < -0.4 is 10.6 Å². The van der Waals surface area contributed by atoms with E-state index >= 15 is 0 Å². The van der Waals surface area contributed by atoms with Crippen LogP contribution in [0.5, 0.6) is 0 Å². The first-order chi connectivity index (χ1) is 10.8. The first kappa shape index (κ1) is 14.2. The molecule has 0 fully saturated rings. The minimum absolute atomic E-state index is 0.280. The molecule has 0 saturated carbocycles. The second-order valence-corrected chi connectivity index (χ2v) is 5.43. The summed E-state index contributed by atoms with van der Waals surface area (Å²) in [6.07, 6.45) is 3.42. The van der Waals surface area contributed by atoms with Gasteiger partial charge < -0.3 is 5.32 Å². The number of carbonyl (C=O) groups excluding carboxylic acids is 1. The summed E-state index contributed by atoms with van der Waals surface area (Å²) >= 11 is 1.40. The van der Waals surface area contributed by atoms with Crippen LogP contribution in [-0.2, 0) is 6.54 Å². The first-order valence-corrected chi connectivity index (χ1v) is 7.64. The van der Waals surface area contributed by atoms with Crippen molar-refractivity contribution in [2.75, 3.05) is 5.32 Å². The van der Waals surface area contributed by atoms with Crippen molar-refractivity contribution in [2.24, 2.45) is 0 Å². The van der Waals surface area contributed by atoms with Gasteiger partial charge in [-0.3, -0.25) is 10.3 Å². The van der Waals surface area contributed by atoms with Crippen LogP contribution in [0.1, 0.15) is 5.56 Å². The standard InChI is InChI=1S/C16H14N4OS/c21-15(18-10-12-5-4-8-17-9-12)20-16-19-14(11-22-16)13-6-2-1-3-7-13/h1-9,11H,10H2,(H2,18,19,20,21). The quantitative estimate of drug-likeness (QED) is 0.774. The zero-order chi connectivity index (χ0) is 15.2. The molecule has 2 amide bonds. The van der Waals surface area contributed by atoms with Crippen LogP contribution >= 0.6 is 11.3 Å². The van der Waals surface area contributed by atoms with Crippen LogP contribution in [0.4, 0.5) is 9.93 Å². The van der Waals surface area contributed by atoms with Gasteiger partial charge in [0.05, 0.1) is 5.69 Å². The normalized spacial score (nSPS) is 10.2. The molecule has 0 unspecified atom stereocenters. The van der Waals surface area contributed by atoms with E-state index in [1.54, 1.807) is 12.4 Å². The number of benzene rings is 1. The monoisotopic (exact) mass is 310 g/mol. The van der Waals surface area contributed by atoms with Crippen LogP contribution in [0.3, 0.4) is 0 Å². The van der Waals surface area contributed by atoms with E-state index < -0.39 is 0 Å². The maximum Gasteiger partial charge on any atom is 0.321 e. The second kappa shape index (κ2) is 6.82. The molecule has 3 rings (SSSR count). The van der Waals surface area contributed by atoms with Crippen LogP contribution in [0.25, 0.3) is 11.3 Å². The Morgan fingerprint density at radius 2 is 2.00 bits per heavy atom. The van der Waals surface area contributed by atoms with Gasteiger partial charge in [-0.15, -0.1) is 11.3 Å². The Bertz CT molecular complexity index is 743. The molecule has 0 radical (unpaired) electrons. The maximum absolute atomic E-state index is 11.9. The van der Waals surface area contributed by atoms with Gasteiger partial charge in [-0.25, -0.2) is 9.78 Å². The lowest BCUT2D eigenvalue weighted by molar-refractivity contribution is 0.251. The Labute approximate surface area is 132 Å². The summed E-state index contributed by atoms with van der Waals surface area (Å²) in [5.41, 5.74) is 2.83. The number of anilines is 1. The topological polar surface area (TPSA) is 66.9 Å². The lowest BCUT2D eigenvalue weighted by atomic mass is 10.2. The van der Waals surface area contributed by atoms with E-state index in [1.165, 1.54) is 11.3 Å².